The Labute approximate surface area is 179 Å². The summed E-state index contributed by atoms with van der Waals surface area (Å²) in [4.78, 5) is 11.4. The van der Waals surface area contributed by atoms with E-state index in [1.807, 2.05) is 20.0 Å². The fraction of sp³-hybridized carbons (Fsp3) is 0.824. The van der Waals surface area contributed by atoms with Gasteiger partial charge in [0.25, 0.3) is 9.22 Å². The Hall–Kier alpha value is 0.134. The van der Waals surface area contributed by atoms with Gasteiger partial charge in [0.1, 0.15) is 0 Å². The average molecular weight is 484 g/mol. The summed E-state index contributed by atoms with van der Waals surface area (Å²) in [5, 5.41) is 0. The highest BCUT2D eigenvalue weighted by Gasteiger charge is 2.44. The molecule has 0 N–H and O–H groups in total. The second-order valence-electron chi connectivity index (χ2n) is 9.80. The van der Waals surface area contributed by atoms with Gasteiger partial charge in [0, 0.05) is 6.08 Å². The summed E-state index contributed by atoms with van der Waals surface area (Å²) in [6, 6.07) is 0.673. The fourth-order valence-electron chi connectivity index (χ4n) is 3.07. The van der Waals surface area contributed by atoms with Gasteiger partial charge in [-0.3, -0.25) is 0 Å². The molecule has 0 radical (unpaired) electrons. The number of esters is 1. The zero-order valence-corrected chi connectivity index (χ0v) is 24.7. The summed E-state index contributed by atoms with van der Waals surface area (Å²) >= 11 is 0. The van der Waals surface area contributed by atoms with Crippen molar-refractivity contribution >= 4 is 48.9 Å². The van der Waals surface area contributed by atoms with Crippen molar-refractivity contribution in [3.05, 3.63) is 12.7 Å². The van der Waals surface area contributed by atoms with Gasteiger partial charge in [-0.15, -0.1) is 0 Å². The Morgan fingerprint density at radius 1 is 1.04 bits per heavy atom. The molecule has 11 heteroatoms. The van der Waals surface area contributed by atoms with Gasteiger partial charge in [0.2, 0.25) is 0 Å². The highest BCUT2D eigenvalue weighted by atomic mass is 28.5. The highest BCUT2D eigenvalue weighted by molar-refractivity contribution is 6.88. The van der Waals surface area contributed by atoms with Crippen LogP contribution in [0.25, 0.3) is 0 Å². The lowest BCUT2D eigenvalue weighted by Gasteiger charge is -2.41. The quantitative estimate of drug-likeness (QED) is 0.215. The van der Waals surface area contributed by atoms with Crippen molar-refractivity contribution in [2.75, 3.05) is 6.61 Å². The Morgan fingerprint density at radius 3 is 2.00 bits per heavy atom. The molecule has 0 fully saturated rings. The van der Waals surface area contributed by atoms with E-state index in [1.54, 1.807) is 6.55 Å². The maximum Gasteiger partial charge on any atom is 0.330 e. The van der Waals surface area contributed by atoms with Crippen LogP contribution in [0.5, 0.6) is 0 Å². The van der Waals surface area contributed by atoms with Crippen LogP contribution >= 0.6 is 0 Å². The predicted octanol–water partition coefficient (Wildman–Crippen LogP) is 4.71. The molecule has 0 aromatic heterocycles. The van der Waals surface area contributed by atoms with Gasteiger partial charge in [0.05, 0.1) is 7.84 Å². The van der Waals surface area contributed by atoms with Gasteiger partial charge in [-0.25, -0.2) is 4.79 Å². The van der Waals surface area contributed by atoms with E-state index in [0.29, 0.717) is 12.7 Å². The molecular formula is C17H42O6Si5. The van der Waals surface area contributed by atoms with E-state index in [9.17, 15) is 4.79 Å². The highest BCUT2D eigenvalue weighted by Crippen LogP contribution is 2.28. The Balaban J connectivity index is 5.37. The van der Waals surface area contributed by atoms with E-state index in [0.717, 1.165) is 0 Å². The molecule has 6 nitrogen and oxygen atoms in total. The SMILES string of the molecule is [2H][Si](C)(O[Si](C)(C)C)O[Si](C)(C)O[Si](C)(CC(C)COC(=O)C=C)O[Si](C)(C)C. The molecule has 3 atom stereocenters. The summed E-state index contributed by atoms with van der Waals surface area (Å²) in [7, 11) is -12.2. The third-order valence-corrected chi connectivity index (χ3v) is 19.2. The van der Waals surface area contributed by atoms with Crippen molar-refractivity contribution in [3.63, 3.8) is 0 Å². The number of hydrogen-bond donors (Lipinski definition) is 0. The minimum atomic E-state index is -3.06. The van der Waals surface area contributed by atoms with Crippen LogP contribution < -0.4 is 0 Å². The monoisotopic (exact) mass is 483 g/mol. The van der Waals surface area contributed by atoms with Crippen molar-refractivity contribution < 1.29 is 26.0 Å². The van der Waals surface area contributed by atoms with Gasteiger partial charge < -0.3 is 21.2 Å². The molecule has 0 saturated heterocycles. The molecule has 0 rings (SSSR count). The summed E-state index contributed by atoms with van der Waals surface area (Å²) < 4.78 is 39.2. The molecule has 0 bridgehead atoms. The van der Waals surface area contributed by atoms with Gasteiger partial charge in [-0.05, 0) is 77.4 Å². The topological polar surface area (TPSA) is 63.2 Å². The minimum Gasteiger partial charge on any atom is -0.462 e. The summed E-state index contributed by atoms with van der Waals surface area (Å²) in [5.41, 5.74) is 0. The summed E-state index contributed by atoms with van der Waals surface area (Å²) in [5.74, 6) is -0.348. The van der Waals surface area contributed by atoms with E-state index in [2.05, 4.69) is 52.4 Å². The van der Waals surface area contributed by atoms with Gasteiger partial charge >= 0.3 is 23.1 Å². The van der Waals surface area contributed by atoms with Gasteiger partial charge in [-0.2, -0.15) is 0 Å². The average Bonchev–Trinajstić information content (AvgIpc) is 2.36. The number of carbonyl (C=O) groups is 1. The third kappa shape index (κ3) is 14.2. The molecule has 3 unspecified atom stereocenters. The van der Waals surface area contributed by atoms with Crippen molar-refractivity contribution in [3.8, 4) is 0 Å². The van der Waals surface area contributed by atoms with E-state index >= 15 is 0 Å². The van der Waals surface area contributed by atoms with Crippen LogP contribution in [0.1, 0.15) is 6.92 Å². The molecule has 0 heterocycles. The van der Waals surface area contributed by atoms with Gasteiger partial charge in [0.15, 0.2) is 16.6 Å². The molecule has 0 aromatic carbocycles. The summed E-state index contributed by atoms with van der Waals surface area (Å²) in [6.07, 6.45) is 1.17. The smallest absolute Gasteiger partial charge is 0.330 e. The van der Waals surface area contributed by atoms with Gasteiger partial charge in [-0.1, -0.05) is 13.5 Å². The molecule has 0 aliphatic carbocycles. The zero-order valence-electron chi connectivity index (χ0n) is 20.7. The first-order valence-electron chi connectivity index (χ1n) is 10.3. The van der Waals surface area contributed by atoms with Crippen molar-refractivity contribution in [1.82, 2.24) is 0 Å². The predicted molar refractivity (Wildman–Crippen MR) is 128 cm³/mol. The maximum absolute atomic E-state index is 11.4. The lowest BCUT2D eigenvalue weighted by molar-refractivity contribution is -0.138. The van der Waals surface area contributed by atoms with E-state index in [-0.39, 0.29) is 5.92 Å². The number of hydrogen-bond acceptors (Lipinski definition) is 6. The molecule has 0 aliphatic rings. The maximum atomic E-state index is 11.4. The van der Waals surface area contributed by atoms with Crippen LogP contribution in [-0.4, -0.2) is 56.8 Å². The number of ether oxygens (including phenoxy) is 1. The molecule has 0 aromatic rings. The first kappa shape index (κ1) is 26.2. The molecule has 0 saturated carbocycles. The normalized spacial score (nSPS) is 19.2. The molecule has 28 heavy (non-hydrogen) atoms. The lowest BCUT2D eigenvalue weighted by Crippen LogP contribution is -2.57. The Bertz CT molecular complexity index is 561. The van der Waals surface area contributed by atoms with Crippen molar-refractivity contribution in [2.24, 2.45) is 5.92 Å². The number of rotatable bonds is 13. The molecule has 166 valence electrons. The van der Waals surface area contributed by atoms with Crippen LogP contribution in [0.4, 0.5) is 0 Å². The summed E-state index contributed by atoms with van der Waals surface area (Å²) in [6.45, 7) is 26.1. The van der Waals surface area contributed by atoms with Crippen molar-refractivity contribution in [1.29, 1.82) is 1.23 Å². The Morgan fingerprint density at radius 2 is 1.57 bits per heavy atom. The first-order valence-corrected chi connectivity index (χ1v) is 23.7. The second-order valence-corrected chi connectivity index (χ2v) is 28.0. The molecule has 0 aliphatic heterocycles. The molecular weight excluding hydrogens is 441 g/mol. The molecule has 0 spiro atoms. The van der Waals surface area contributed by atoms with Crippen LogP contribution in [0.15, 0.2) is 12.7 Å². The largest absolute Gasteiger partial charge is 0.462 e. The van der Waals surface area contributed by atoms with E-state index in [4.69, 9.17) is 22.4 Å². The van der Waals surface area contributed by atoms with Crippen molar-refractivity contribution in [2.45, 2.75) is 78.4 Å². The lowest BCUT2D eigenvalue weighted by atomic mass is 10.2. The van der Waals surface area contributed by atoms with Crippen LogP contribution in [-0.2, 0) is 26.0 Å². The molecule has 0 amide bonds. The zero-order chi connectivity index (χ0) is 23.3. The third-order valence-electron chi connectivity index (χ3n) is 3.22. The fourth-order valence-corrected chi connectivity index (χ4v) is 22.3. The van der Waals surface area contributed by atoms with Crippen LogP contribution in [0, 0.1) is 5.92 Å². The Kier molecular flexibility index (Phi) is 10.2. The second kappa shape index (κ2) is 11.0. The number of carbonyl (C=O) groups excluding carboxylic acids is 1. The van der Waals surface area contributed by atoms with Crippen LogP contribution in [0.2, 0.25) is 71.5 Å². The van der Waals surface area contributed by atoms with Crippen LogP contribution in [0.3, 0.4) is 0 Å². The van der Waals surface area contributed by atoms with E-state index < -0.39 is 48.9 Å². The standard InChI is InChI=1S/C17H42O6Si5/c1-13-17(18)19-14-16(2)15-28(12,22-26(7,8)9)23-27(10,11)21-24(3)20-25(4,5)6/h13,16,24H,1,14-15H2,2-12H3/i24D. The van der Waals surface area contributed by atoms with E-state index in [1.165, 1.54) is 6.08 Å². The minimum absolute atomic E-state index is 0.0783. The first-order chi connectivity index (χ1) is 12.7.